The third kappa shape index (κ3) is 4.35. The van der Waals surface area contributed by atoms with Crippen LogP contribution in [-0.2, 0) is 17.6 Å². The molecule has 0 bridgehead atoms. The van der Waals surface area contributed by atoms with Crippen LogP contribution in [0.5, 0.6) is 0 Å². The number of nitrogens with zero attached hydrogens (tertiary/aromatic N) is 3. The number of hydrogen-bond donors (Lipinski definition) is 1. The van der Waals surface area contributed by atoms with E-state index in [4.69, 9.17) is 4.52 Å². The Morgan fingerprint density at radius 1 is 1.14 bits per heavy atom. The number of rotatable bonds is 7. The summed E-state index contributed by atoms with van der Waals surface area (Å²) in [5.74, 6) is 0.886. The van der Waals surface area contributed by atoms with E-state index >= 15 is 0 Å². The monoisotopic (exact) mass is 410 g/mol. The third-order valence-corrected chi connectivity index (χ3v) is 5.81. The molecule has 0 atom stereocenters. The van der Waals surface area contributed by atoms with Gasteiger partial charge >= 0.3 is 0 Å². The molecule has 1 N–H and O–H groups in total. The van der Waals surface area contributed by atoms with Crippen molar-refractivity contribution in [2.75, 3.05) is 5.32 Å². The molecular weight excluding hydrogens is 392 g/mol. The molecule has 3 aromatic heterocycles. The fourth-order valence-corrected chi connectivity index (χ4v) is 4.02. The van der Waals surface area contributed by atoms with Crippen LogP contribution >= 0.6 is 22.7 Å². The number of aryl methyl sites for hydroxylation is 2. The zero-order valence-electron chi connectivity index (χ0n) is 15.2. The minimum absolute atomic E-state index is 0.127. The van der Waals surface area contributed by atoms with Crippen molar-refractivity contribution in [1.29, 1.82) is 0 Å². The average Bonchev–Trinajstić information content (AvgIpc) is 3.47. The summed E-state index contributed by atoms with van der Waals surface area (Å²) in [6, 6.07) is 12.2. The van der Waals surface area contributed by atoms with E-state index in [-0.39, 0.29) is 12.3 Å². The quantitative estimate of drug-likeness (QED) is 0.461. The second-order valence-electron chi connectivity index (χ2n) is 6.13. The normalized spacial score (nSPS) is 10.9. The fourth-order valence-electron chi connectivity index (χ4n) is 2.64. The second-order valence-corrected chi connectivity index (χ2v) is 7.93. The predicted octanol–water partition coefficient (Wildman–Crippen LogP) is 5.06. The molecule has 4 aromatic rings. The average molecular weight is 411 g/mol. The zero-order chi connectivity index (χ0) is 19.3. The molecule has 0 fully saturated rings. The van der Waals surface area contributed by atoms with Gasteiger partial charge < -0.3 is 9.84 Å². The van der Waals surface area contributed by atoms with Crippen LogP contribution in [0, 0.1) is 0 Å². The molecule has 0 spiro atoms. The molecule has 0 aliphatic heterocycles. The van der Waals surface area contributed by atoms with Crippen LogP contribution in [0.3, 0.4) is 0 Å². The molecule has 142 valence electrons. The second kappa shape index (κ2) is 8.45. The molecule has 1 aromatic carbocycles. The Morgan fingerprint density at radius 2 is 2.00 bits per heavy atom. The Kier molecular flexibility index (Phi) is 5.59. The SMILES string of the molecule is CCc1ccc(-c2csc(NC(=O)CCc3nc(-c4cccs4)no3)n2)cc1. The van der Waals surface area contributed by atoms with Gasteiger partial charge in [0, 0.05) is 23.8 Å². The van der Waals surface area contributed by atoms with Gasteiger partial charge in [0.15, 0.2) is 5.13 Å². The van der Waals surface area contributed by atoms with Crippen LogP contribution in [0.1, 0.15) is 24.8 Å². The lowest BCUT2D eigenvalue weighted by atomic mass is 10.1. The van der Waals surface area contributed by atoms with E-state index in [0.717, 1.165) is 22.6 Å². The van der Waals surface area contributed by atoms with Crippen LogP contribution in [-0.4, -0.2) is 21.0 Å². The van der Waals surface area contributed by atoms with Gasteiger partial charge in [0.1, 0.15) is 0 Å². The number of hydrogen-bond acceptors (Lipinski definition) is 7. The van der Waals surface area contributed by atoms with Crippen molar-refractivity contribution in [2.45, 2.75) is 26.2 Å². The molecule has 3 heterocycles. The van der Waals surface area contributed by atoms with Gasteiger partial charge in [0.2, 0.25) is 17.6 Å². The molecule has 28 heavy (non-hydrogen) atoms. The first kappa shape index (κ1) is 18.5. The number of anilines is 1. The third-order valence-electron chi connectivity index (χ3n) is 4.18. The first-order chi connectivity index (χ1) is 13.7. The van der Waals surface area contributed by atoms with E-state index in [1.54, 1.807) is 11.3 Å². The Morgan fingerprint density at radius 3 is 2.75 bits per heavy atom. The highest BCUT2D eigenvalue weighted by Gasteiger charge is 2.13. The summed E-state index contributed by atoms with van der Waals surface area (Å²) >= 11 is 2.96. The van der Waals surface area contributed by atoms with Crippen molar-refractivity contribution in [2.24, 2.45) is 0 Å². The number of thiophene rings is 1. The van der Waals surface area contributed by atoms with Crippen LogP contribution in [0.25, 0.3) is 22.0 Å². The number of amides is 1. The first-order valence-corrected chi connectivity index (χ1v) is 10.7. The van der Waals surface area contributed by atoms with Crippen LogP contribution in [0.15, 0.2) is 51.7 Å². The molecule has 0 saturated heterocycles. The molecule has 1 amide bonds. The highest BCUT2D eigenvalue weighted by Crippen LogP contribution is 2.25. The maximum absolute atomic E-state index is 12.2. The van der Waals surface area contributed by atoms with Crippen molar-refractivity contribution >= 4 is 33.7 Å². The highest BCUT2D eigenvalue weighted by atomic mass is 32.1. The van der Waals surface area contributed by atoms with E-state index < -0.39 is 0 Å². The van der Waals surface area contributed by atoms with Crippen LogP contribution in [0.4, 0.5) is 5.13 Å². The van der Waals surface area contributed by atoms with Gasteiger partial charge in [0.25, 0.3) is 0 Å². The Bertz CT molecular complexity index is 1050. The summed E-state index contributed by atoms with van der Waals surface area (Å²) < 4.78 is 5.22. The van der Waals surface area contributed by atoms with E-state index in [1.165, 1.54) is 16.9 Å². The van der Waals surface area contributed by atoms with Crippen molar-refractivity contribution in [3.8, 4) is 22.0 Å². The topological polar surface area (TPSA) is 80.9 Å². The van der Waals surface area contributed by atoms with Gasteiger partial charge in [-0.05, 0) is 23.4 Å². The maximum atomic E-state index is 12.2. The zero-order valence-corrected chi connectivity index (χ0v) is 16.8. The van der Waals surface area contributed by atoms with E-state index in [2.05, 4.69) is 51.6 Å². The Hall–Kier alpha value is -2.84. The van der Waals surface area contributed by atoms with Crippen molar-refractivity contribution in [3.05, 3.63) is 58.6 Å². The molecule has 0 saturated carbocycles. The van der Waals surface area contributed by atoms with Crippen molar-refractivity contribution in [1.82, 2.24) is 15.1 Å². The van der Waals surface area contributed by atoms with Crippen LogP contribution in [0.2, 0.25) is 0 Å². The smallest absolute Gasteiger partial charge is 0.227 e. The molecule has 6 nitrogen and oxygen atoms in total. The summed E-state index contributed by atoms with van der Waals surface area (Å²) in [7, 11) is 0. The number of carbonyl (C=O) groups excluding carboxylic acids is 1. The van der Waals surface area contributed by atoms with Gasteiger partial charge in [-0.2, -0.15) is 4.98 Å². The van der Waals surface area contributed by atoms with Gasteiger partial charge in [-0.25, -0.2) is 4.98 Å². The summed E-state index contributed by atoms with van der Waals surface area (Å²) in [6.07, 6.45) is 1.65. The minimum Gasteiger partial charge on any atom is -0.339 e. The Balaban J connectivity index is 1.32. The molecule has 8 heteroatoms. The number of thiazole rings is 1. The molecule has 0 radical (unpaired) electrons. The lowest BCUT2D eigenvalue weighted by Crippen LogP contribution is -2.12. The lowest BCUT2D eigenvalue weighted by molar-refractivity contribution is -0.116. The summed E-state index contributed by atoms with van der Waals surface area (Å²) in [5.41, 5.74) is 3.19. The van der Waals surface area contributed by atoms with E-state index in [9.17, 15) is 4.79 Å². The van der Waals surface area contributed by atoms with Crippen molar-refractivity contribution < 1.29 is 9.32 Å². The van der Waals surface area contributed by atoms with E-state index in [1.807, 2.05) is 22.9 Å². The number of nitrogens with one attached hydrogen (secondary N) is 1. The summed E-state index contributed by atoms with van der Waals surface area (Å²) in [4.78, 5) is 22.0. The lowest BCUT2D eigenvalue weighted by Gasteiger charge is -2.00. The first-order valence-electron chi connectivity index (χ1n) is 8.92. The highest BCUT2D eigenvalue weighted by molar-refractivity contribution is 7.14. The summed E-state index contributed by atoms with van der Waals surface area (Å²) in [6.45, 7) is 2.13. The number of carbonyl (C=O) groups is 1. The largest absolute Gasteiger partial charge is 0.339 e. The molecule has 0 unspecified atom stereocenters. The standard InChI is InChI=1S/C20H18N4O2S2/c1-2-13-5-7-14(8-6-13)15-12-28-20(21-15)22-17(25)9-10-18-23-19(24-26-18)16-4-3-11-27-16/h3-8,11-12H,2,9-10H2,1H3,(H,21,22,25). The Labute approximate surface area is 170 Å². The molecule has 4 rings (SSSR count). The van der Waals surface area contributed by atoms with Gasteiger partial charge in [0.05, 0.1) is 10.6 Å². The van der Waals surface area contributed by atoms with Gasteiger partial charge in [-0.15, -0.1) is 22.7 Å². The molecular formula is C20H18N4O2S2. The predicted molar refractivity (Wildman–Crippen MR) is 111 cm³/mol. The number of aromatic nitrogens is 3. The van der Waals surface area contributed by atoms with Gasteiger partial charge in [-0.1, -0.05) is 42.4 Å². The van der Waals surface area contributed by atoms with Crippen molar-refractivity contribution in [3.63, 3.8) is 0 Å². The fraction of sp³-hybridized carbons (Fsp3) is 0.200. The van der Waals surface area contributed by atoms with E-state index in [0.29, 0.717) is 23.3 Å². The molecule has 0 aliphatic carbocycles. The van der Waals surface area contributed by atoms with Gasteiger partial charge in [-0.3, -0.25) is 4.79 Å². The van der Waals surface area contributed by atoms with Crippen LogP contribution < -0.4 is 5.32 Å². The maximum Gasteiger partial charge on any atom is 0.227 e. The summed E-state index contributed by atoms with van der Waals surface area (Å²) in [5, 5.41) is 11.3. The molecule has 0 aliphatic rings. The number of benzene rings is 1. The minimum atomic E-state index is -0.127.